The Labute approximate surface area is 100.0 Å². The van der Waals surface area contributed by atoms with E-state index in [-0.39, 0.29) is 21.3 Å². The van der Waals surface area contributed by atoms with Crippen molar-refractivity contribution in [2.45, 2.75) is 0 Å². The Balaban J connectivity index is 2.29. The van der Waals surface area contributed by atoms with Crippen LogP contribution in [0.3, 0.4) is 0 Å². The van der Waals surface area contributed by atoms with Gasteiger partial charge < -0.3 is 4.74 Å². The second-order valence-electron chi connectivity index (χ2n) is 2.93. The SMILES string of the molecule is COc1ccc(OOC(=O)CNCP=O)cc1. The van der Waals surface area contributed by atoms with E-state index in [4.69, 9.17) is 9.62 Å². The van der Waals surface area contributed by atoms with Crippen LogP contribution in [0.2, 0.25) is 0 Å². The van der Waals surface area contributed by atoms with Crippen LogP contribution in [0.5, 0.6) is 11.5 Å². The summed E-state index contributed by atoms with van der Waals surface area (Å²) in [4.78, 5) is 20.3. The van der Waals surface area contributed by atoms with Gasteiger partial charge in [0.05, 0.1) is 19.9 Å². The number of benzene rings is 1. The van der Waals surface area contributed by atoms with Crippen molar-refractivity contribution in [3.05, 3.63) is 24.3 Å². The molecule has 0 radical (unpaired) electrons. The molecule has 92 valence electrons. The topological polar surface area (TPSA) is 73.9 Å². The minimum atomic E-state index is -0.593. The molecule has 0 saturated carbocycles. The predicted octanol–water partition coefficient (Wildman–Crippen LogP) is 1.37. The maximum atomic E-state index is 11.1. The molecule has 1 aromatic carbocycles. The zero-order valence-corrected chi connectivity index (χ0v) is 10.1. The van der Waals surface area contributed by atoms with Crippen molar-refractivity contribution in [2.75, 3.05) is 19.9 Å². The average molecular weight is 257 g/mol. The number of hydrogen-bond donors (Lipinski definition) is 1. The van der Waals surface area contributed by atoms with Crippen LogP contribution >= 0.6 is 8.46 Å². The fraction of sp³-hybridized carbons (Fsp3) is 0.300. The third kappa shape index (κ3) is 5.29. The highest BCUT2D eigenvalue weighted by Crippen LogP contribution is 2.16. The van der Waals surface area contributed by atoms with Crippen molar-refractivity contribution in [3.8, 4) is 11.5 Å². The van der Waals surface area contributed by atoms with E-state index in [9.17, 15) is 9.36 Å². The molecule has 1 N–H and O–H groups in total. The van der Waals surface area contributed by atoms with Gasteiger partial charge in [0.2, 0.25) is 0 Å². The van der Waals surface area contributed by atoms with Gasteiger partial charge in [-0.1, -0.05) is 0 Å². The second kappa shape index (κ2) is 7.60. The molecule has 0 bridgehead atoms. The van der Waals surface area contributed by atoms with Gasteiger partial charge in [-0.3, -0.25) is 14.8 Å². The molecule has 1 aromatic rings. The molecular formula is C10H12NO5P. The monoisotopic (exact) mass is 257 g/mol. The van der Waals surface area contributed by atoms with E-state index in [1.54, 1.807) is 31.4 Å². The Morgan fingerprint density at radius 1 is 1.29 bits per heavy atom. The van der Waals surface area contributed by atoms with Gasteiger partial charge in [0.1, 0.15) is 5.75 Å². The van der Waals surface area contributed by atoms with Gasteiger partial charge in [-0.05, 0) is 24.3 Å². The largest absolute Gasteiger partial charge is 0.497 e. The number of methoxy groups -OCH3 is 1. The zero-order chi connectivity index (χ0) is 12.5. The van der Waals surface area contributed by atoms with Crippen molar-refractivity contribution >= 4 is 14.4 Å². The lowest BCUT2D eigenvalue weighted by Gasteiger charge is -2.05. The fourth-order valence-electron chi connectivity index (χ4n) is 0.959. The van der Waals surface area contributed by atoms with Crippen LogP contribution in [-0.4, -0.2) is 25.9 Å². The van der Waals surface area contributed by atoms with Crippen molar-refractivity contribution in [3.63, 3.8) is 0 Å². The van der Waals surface area contributed by atoms with Crippen molar-refractivity contribution in [1.29, 1.82) is 0 Å². The summed E-state index contributed by atoms with van der Waals surface area (Å²) in [6, 6.07) is 6.57. The summed E-state index contributed by atoms with van der Waals surface area (Å²) >= 11 is 0. The number of nitrogens with one attached hydrogen (secondary N) is 1. The van der Waals surface area contributed by atoms with E-state index in [0.717, 1.165) is 0 Å². The van der Waals surface area contributed by atoms with Crippen molar-refractivity contribution in [1.82, 2.24) is 5.32 Å². The van der Waals surface area contributed by atoms with E-state index in [2.05, 4.69) is 10.2 Å². The maximum Gasteiger partial charge on any atom is 0.369 e. The third-order valence-corrected chi connectivity index (χ3v) is 2.09. The molecule has 0 aromatic heterocycles. The lowest BCUT2D eigenvalue weighted by Crippen LogP contribution is -2.24. The molecule has 0 saturated heterocycles. The molecule has 0 aliphatic heterocycles. The van der Waals surface area contributed by atoms with Crippen LogP contribution in [0, 0.1) is 0 Å². The van der Waals surface area contributed by atoms with E-state index >= 15 is 0 Å². The van der Waals surface area contributed by atoms with Gasteiger partial charge in [-0.2, -0.15) is 0 Å². The van der Waals surface area contributed by atoms with Gasteiger partial charge in [0, 0.05) is 0 Å². The first kappa shape index (κ1) is 13.4. The van der Waals surface area contributed by atoms with Crippen LogP contribution < -0.4 is 14.9 Å². The van der Waals surface area contributed by atoms with Gasteiger partial charge in [0.15, 0.2) is 14.2 Å². The maximum absolute atomic E-state index is 11.1. The molecule has 6 nitrogen and oxygen atoms in total. The van der Waals surface area contributed by atoms with Gasteiger partial charge >= 0.3 is 5.97 Å². The van der Waals surface area contributed by atoms with E-state index < -0.39 is 5.97 Å². The summed E-state index contributed by atoms with van der Waals surface area (Å²) in [6.07, 6.45) is 0.192. The van der Waals surface area contributed by atoms with Gasteiger partial charge in [-0.25, -0.2) is 9.68 Å². The number of hydrogen-bond acceptors (Lipinski definition) is 6. The summed E-state index contributed by atoms with van der Waals surface area (Å²) < 4.78 is 15.0. The highest BCUT2D eigenvalue weighted by molar-refractivity contribution is 7.23. The smallest absolute Gasteiger partial charge is 0.369 e. The summed E-state index contributed by atoms with van der Waals surface area (Å²) in [7, 11) is 1.48. The first-order valence-corrected chi connectivity index (χ1v) is 5.77. The quantitative estimate of drug-likeness (QED) is 0.344. The number of rotatable bonds is 7. The number of carbonyl (C=O) groups is 1. The third-order valence-electron chi connectivity index (χ3n) is 1.74. The highest BCUT2D eigenvalue weighted by Gasteiger charge is 2.04. The Morgan fingerprint density at radius 2 is 1.94 bits per heavy atom. The molecule has 1 rings (SSSR count). The average Bonchev–Trinajstić information content (AvgIpc) is 2.37. The minimum absolute atomic E-state index is 0.0641. The summed E-state index contributed by atoms with van der Waals surface area (Å²) in [5.41, 5.74) is 0. The molecule has 0 spiro atoms. The Morgan fingerprint density at radius 3 is 2.53 bits per heavy atom. The van der Waals surface area contributed by atoms with Gasteiger partial charge in [0.25, 0.3) is 0 Å². The van der Waals surface area contributed by atoms with Crippen molar-refractivity contribution < 1.29 is 23.9 Å². The summed E-state index contributed by atoms with van der Waals surface area (Å²) in [5, 5.41) is 2.59. The molecule has 0 atom stereocenters. The normalized spacial score (nSPS) is 9.94. The Bertz CT molecular complexity index is 367. The lowest BCUT2D eigenvalue weighted by atomic mass is 10.3. The van der Waals surface area contributed by atoms with Gasteiger partial charge in [-0.15, -0.1) is 0 Å². The summed E-state index contributed by atoms with van der Waals surface area (Å²) in [5.74, 6) is 0.477. The van der Waals surface area contributed by atoms with E-state index in [1.165, 1.54) is 0 Å². The molecule has 0 amide bonds. The van der Waals surface area contributed by atoms with Crippen LogP contribution in [-0.2, 0) is 14.2 Å². The molecule has 0 aliphatic rings. The standard InChI is InChI=1S/C10H12NO5P/c1-14-8-2-4-9(5-3-8)15-16-10(12)6-11-7-17-13/h2-5,11H,6-7H2,1H3. The van der Waals surface area contributed by atoms with E-state index in [1.807, 2.05) is 0 Å². The molecule has 17 heavy (non-hydrogen) atoms. The fourth-order valence-corrected chi connectivity index (χ4v) is 1.16. The van der Waals surface area contributed by atoms with Crippen LogP contribution in [0.1, 0.15) is 0 Å². The number of ether oxygens (including phenoxy) is 1. The predicted molar refractivity (Wildman–Crippen MR) is 60.2 cm³/mol. The number of carbonyl (C=O) groups excluding carboxylic acids is 1. The summed E-state index contributed by atoms with van der Waals surface area (Å²) in [6.45, 7) is -0.0641. The lowest BCUT2D eigenvalue weighted by molar-refractivity contribution is -0.212. The molecule has 0 fully saturated rings. The molecule has 0 aliphatic carbocycles. The van der Waals surface area contributed by atoms with Crippen LogP contribution in [0.25, 0.3) is 0 Å². The highest BCUT2D eigenvalue weighted by atomic mass is 31.1. The molecule has 0 unspecified atom stereocenters. The van der Waals surface area contributed by atoms with Crippen LogP contribution in [0.15, 0.2) is 24.3 Å². The Kier molecular flexibility index (Phi) is 5.99. The first-order valence-electron chi connectivity index (χ1n) is 4.77. The Hall–Kier alpha value is -1.65. The van der Waals surface area contributed by atoms with Crippen LogP contribution in [0.4, 0.5) is 0 Å². The first-order chi connectivity index (χ1) is 8.26. The van der Waals surface area contributed by atoms with E-state index in [0.29, 0.717) is 11.5 Å². The molecular weight excluding hydrogens is 245 g/mol. The van der Waals surface area contributed by atoms with Crippen molar-refractivity contribution in [2.24, 2.45) is 0 Å². The minimum Gasteiger partial charge on any atom is -0.497 e. The molecule has 7 heteroatoms. The second-order valence-corrected chi connectivity index (χ2v) is 3.50. The molecule has 0 heterocycles. The zero-order valence-electron chi connectivity index (χ0n) is 9.21.